The maximum atomic E-state index is 11.7. The van der Waals surface area contributed by atoms with Gasteiger partial charge in [-0.15, -0.1) is 0 Å². The lowest BCUT2D eigenvalue weighted by atomic mass is 10.2. The van der Waals surface area contributed by atoms with E-state index in [0.29, 0.717) is 24.3 Å². The van der Waals surface area contributed by atoms with Gasteiger partial charge in [-0.3, -0.25) is 9.69 Å². The first-order valence-electron chi connectivity index (χ1n) is 8.32. The van der Waals surface area contributed by atoms with Crippen LogP contribution in [-0.4, -0.2) is 67.8 Å². The Labute approximate surface area is 138 Å². The van der Waals surface area contributed by atoms with E-state index in [9.17, 15) is 4.79 Å². The lowest BCUT2D eigenvalue weighted by Crippen LogP contribution is -2.47. The van der Waals surface area contributed by atoms with Gasteiger partial charge in [0.2, 0.25) is 0 Å². The highest BCUT2D eigenvalue weighted by molar-refractivity contribution is 5.93. The number of aromatic nitrogens is 1. The number of morpholine rings is 1. The third kappa shape index (κ3) is 5.18. The number of carbonyl (C=O) groups is 1. The number of hydrogen-bond donors (Lipinski definition) is 1. The van der Waals surface area contributed by atoms with E-state index in [4.69, 9.17) is 4.74 Å². The second-order valence-electron chi connectivity index (χ2n) is 6.20. The Morgan fingerprint density at radius 1 is 1.39 bits per heavy atom. The molecule has 0 spiro atoms. The molecule has 0 aromatic carbocycles. The van der Waals surface area contributed by atoms with E-state index in [1.165, 1.54) is 0 Å². The van der Waals surface area contributed by atoms with Crippen LogP contribution in [-0.2, 0) is 4.74 Å². The highest BCUT2D eigenvalue weighted by atomic mass is 16.5. The summed E-state index contributed by atoms with van der Waals surface area (Å²) in [5.74, 6) is 0.804. The van der Waals surface area contributed by atoms with Gasteiger partial charge in [-0.25, -0.2) is 4.98 Å². The number of ether oxygens (including phenoxy) is 1. The molecule has 6 heteroatoms. The Morgan fingerprint density at radius 3 is 2.65 bits per heavy atom. The topological polar surface area (TPSA) is 57.7 Å². The van der Waals surface area contributed by atoms with Crippen LogP contribution in [0.1, 0.15) is 31.1 Å². The number of pyridine rings is 1. The molecule has 2 heterocycles. The summed E-state index contributed by atoms with van der Waals surface area (Å²) in [5.41, 5.74) is 0.597. The van der Waals surface area contributed by atoms with Crippen molar-refractivity contribution < 1.29 is 9.53 Å². The smallest absolute Gasteiger partial charge is 0.252 e. The molecule has 1 aromatic heterocycles. The summed E-state index contributed by atoms with van der Waals surface area (Å²) in [6.45, 7) is 10.6. The Hall–Kier alpha value is -1.66. The van der Waals surface area contributed by atoms with Crippen molar-refractivity contribution >= 4 is 11.7 Å². The summed E-state index contributed by atoms with van der Waals surface area (Å²) in [7, 11) is 2.03. The maximum absolute atomic E-state index is 11.7. The molecule has 1 N–H and O–H groups in total. The summed E-state index contributed by atoms with van der Waals surface area (Å²) in [5, 5.41) is 2.78. The highest BCUT2D eigenvalue weighted by Gasteiger charge is 2.22. The molecule has 1 fully saturated rings. The Kier molecular flexibility index (Phi) is 6.36. The largest absolute Gasteiger partial charge is 0.373 e. The van der Waals surface area contributed by atoms with Crippen LogP contribution in [0, 0.1) is 0 Å². The van der Waals surface area contributed by atoms with Crippen LogP contribution in [0.2, 0.25) is 0 Å². The molecule has 0 aliphatic carbocycles. The number of hydrogen-bond acceptors (Lipinski definition) is 5. The van der Waals surface area contributed by atoms with Crippen LogP contribution in [0.15, 0.2) is 18.3 Å². The van der Waals surface area contributed by atoms with Gasteiger partial charge in [-0.05, 0) is 32.9 Å². The van der Waals surface area contributed by atoms with Crippen molar-refractivity contribution in [3.63, 3.8) is 0 Å². The second-order valence-corrected chi connectivity index (χ2v) is 6.20. The summed E-state index contributed by atoms with van der Waals surface area (Å²) in [6, 6.07) is 3.72. The number of nitrogens with zero attached hydrogens (tertiary/aromatic N) is 3. The highest BCUT2D eigenvalue weighted by Crippen LogP contribution is 2.12. The van der Waals surface area contributed by atoms with Crippen LogP contribution in [0.25, 0.3) is 0 Å². The Balaban J connectivity index is 1.85. The van der Waals surface area contributed by atoms with E-state index in [2.05, 4.69) is 33.9 Å². The SMILES string of the molecule is CCNC(=O)c1ccc(N(C)CCN2C[C@@H](C)O[C@@H](C)C2)nc1. The molecule has 0 bridgehead atoms. The second kappa shape index (κ2) is 8.26. The fraction of sp³-hybridized carbons (Fsp3) is 0.647. The predicted molar refractivity (Wildman–Crippen MR) is 92.0 cm³/mol. The first-order valence-corrected chi connectivity index (χ1v) is 8.32. The van der Waals surface area contributed by atoms with Gasteiger partial charge in [-0.2, -0.15) is 0 Å². The van der Waals surface area contributed by atoms with E-state index in [1.807, 2.05) is 26.1 Å². The molecule has 6 nitrogen and oxygen atoms in total. The molecule has 1 aliphatic rings. The number of nitrogens with one attached hydrogen (secondary N) is 1. The zero-order chi connectivity index (χ0) is 16.8. The Morgan fingerprint density at radius 2 is 2.09 bits per heavy atom. The zero-order valence-electron chi connectivity index (χ0n) is 14.6. The summed E-state index contributed by atoms with van der Waals surface area (Å²) in [4.78, 5) is 20.7. The van der Waals surface area contributed by atoms with Crippen molar-refractivity contribution in [1.82, 2.24) is 15.2 Å². The monoisotopic (exact) mass is 320 g/mol. The first kappa shape index (κ1) is 17.7. The number of rotatable bonds is 6. The van der Waals surface area contributed by atoms with Gasteiger partial charge in [0.05, 0.1) is 17.8 Å². The number of anilines is 1. The molecule has 1 aromatic rings. The molecule has 128 valence electrons. The lowest BCUT2D eigenvalue weighted by molar-refractivity contribution is -0.0670. The van der Waals surface area contributed by atoms with Crippen LogP contribution >= 0.6 is 0 Å². The number of amides is 1. The normalized spacial score (nSPS) is 21.9. The van der Waals surface area contributed by atoms with Crippen LogP contribution in [0.5, 0.6) is 0 Å². The minimum Gasteiger partial charge on any atom is -0.373 e. The number of carbonyl (C=O) groups excluding carboxylic acids is 1. The zero-order valence-corrected chi connectivity index (χ0v) is 14.6. The van der Waals surface area contributed by atoms with Crippen molar-refractivity contribution in [3.05, 3.63) is 23.9 Å². The van der Waals surface area contributed by atoms with Crippen molar-refractivity contribution in [1.29, 1.82) is 0 Å². The van der Waals surface area contributed by atoms with E-state index < -0.39 is 0 Å². The standard InChI is InChI=1S/C17H28N4O2/c1-5-18-17(22)15-6-7-16(19-10-15)20(4)8-9-21-11-13(2)23-14(3)12-21/h6-7,10,13-14H,5,8-9,11-12H2,1-4H3,(H,18,22)/t13-,14+. The van der Waals surface area contributed by atoms with E-state index in [-0.39, 0.29) is 5.91 Å². The quantitative estimate of drug-likeness (QED) is 0.858. The van der Waals surface area contributed by atoms with Gasteiger partial charge < -0.3 is 15.0 Å². The predicted octanol–water partition coefficient (Wildman–Crippen LogP) is 1.38. The minimum absolute atomic E-state index is 0.0782. The van der Waals surface area contributed by atoms with E-state index >= 15 is 0 Å². The third-order valence-electron chi connectivity index (χ3n) is 3.99. The first-order chi connectivity index (χ1) is 11.0. The molecule has 1 amide bonds. The number of likely N-dealkylation sites (N-methyl/N-ethyl adjacent to an activating group) is 1. The van der Waals surface area contributed by atoms with Crippen molar-refractivity contribution in [2.75, 3.05) is 44.7 Å². The molecule has 0 unspecified atom stereocenters. The minimum atomic E-state index is -0.0782. The molecular formula is C17H28N4O2. The van der Waals surface area contributed by atoms with Gasteiger partial charge in [0, 0.05) is 46.0 Å². The molecule has 2 rings (SSSR count). The summed E-state index contributed by atoms with van der Waals surface area (Å²) >= 11 is 0. The molecular weight excluding hydrogens is 292 g/mol. The molecule has 1 aliphatic heterocycles. The van der Waals surface area contributed by atoms with Crippen molar-refractivity contribution in [2.45, 2.75) is 33.0 Å². The van der Waals surface area contributed by atoms with Gasteiger partial charge >= 0.3 is 0 Å². The fourth-order valence-corrected chi connectivity index (χ4v) is 2.88. The third-order valence-corrected chi connectivity index (χ3v) is 3.99. The summed E-state index contributed by atoms with van der Waals surface area (Å²) in [6.07, 6.45) is 2.22. The van der Waals surface area contributed by atoms with E-state index in [1.54, 1.807) is 6.20 Å². The van der Waals surface area contributed by atoms with Gasteiger partial charge in [0.25, 0.3) is 5.91 Å². The average molecular weight is 320 g/mol. The molecule has 2 atom stereocenters. The van der Waals surface area contributed by atoms with Crippen molar-refractivity contribution in [2.24, 2.45) is 0 Å². The lowest BCUT2D eigenvalue weighted by Gasteiger charge is -2.36. The molecule has 23 heavy (non-hydrogen) atoms. The molecule has 1 saturated heterocycles. The fourth-order valence-electron chi connectivity index (χ4n) is 2.88. The van der Waals surface area contributed by atoms with Gasteiger partial charge in [0.15, 0.2) is 0 Å². The van der Waals surface area contributed by atoms with Gasteiger partial charge in [0.1, 0.15) is 5.82 Å². The van der Waals surface area contributed by atoms with Crippen LogP contribution in [0.4, 0.5) is 5.82 Å². The van der Waals surface area contributed by atoms with E-state index in [0.717, 1.165) is 32.0 Å². The van der Waals surface area contributed by atoms with Crippen LogP contribution in [0.3, 0.4) is 0 Å². The summed E-state index contributed by atoms with van der Waals surface area (Å²) < 4.78 is 5.76. The Bertz CT molecular complexity index is 496. The van der Waals surface area contributed by atoms with Gasteiger partial charge in [-0.1, -0.05) is 0 Å². The van der Waals surface area contributed by atoms with Crippen molar-refractivity contribution in [3.8, 4) is 0 Å². The molecule has 0 saturated carbocycles. The molecule has 0 radical (unpaired) electrons. The average Bonchev–Trinajstić information content (AvgIpc) is 2.52. The maximum Gasteiger partial charge on any atom is 0.252 e. The van der Waals surface area contributed by atoms with Crippen LogP contribution < -0.4 is 10.2 Å².